The Labute approximate surface area is 389 Å². The summed E-state index contributed by atoms with van der Waals surface area (Å²) in [5.41, 5.74) is 0. The molecular weight excluding hydrogens is 811 g/mol. The van der Waals surface area contributed by atoms with Crippen LogP contribution in [0.4, 0.5) is 0 Å². The van der Waals surface area contributed by atoms with Crippen LogP contribution < -0.4 is 5.32 Å². The Morgan fingerprint density at radius 3 is 1.66 bits per heavy atom. The van der Waals surface area contributed by atoms with E-state index in [1.807, 2.05) is 6.08 Å². The molecule has 11 nitrogen and oxygen atoms in total. The number of hydrogen-bond donors (Lipinski definition) is 6. The number of nitrogens with one attached hydrogen (secondary N) is 1. The van der Waals surface area contributed by atoms with E-state index >= 15 is 0 Å². The fraction of sp³-hybridized carbons (Fsp3) is 0.811. The maximum atomic E-state index is 12.9. The third-order valence-corrected chi connectivity index (χ3v) is 11.9. The quantitative estimate of drug-likeness (QED) is 0.0196. The molecule has 1 aliphatic rings. The number of aliphatic hydroxyl groups excluding tert-OH is 5. The number of ether oxygens (including phenoxy) is 3. The van der Waals surface area contributed by atoms with Gasteiger partial charge >= 0.3 is 5.97 Å². The number of allylic oxidation sites excluding steroid dienone is 7. The van der Waals surface area contributed by atoms with E-state index in [0.717, 1.165) is 83.5 Å². The molecule has 7 atom stereocenters. The van der Waals surface area contributed by atoms with Gasteiger partial charge in [0.25, 0.3) is 0 Å². The lowest BCUT2D eigenvalue weighted by Gasteiger charge is -2.40. The second kappa shape index (κ2) is 43.2. The van der Waals surface area contributed by atoms with Crippen molar-refractivity contribution in [2.75, 3.05) is 19.8 Å². The molecule has 11 heteroatoms. The first-order valence-electron chi connectivity index (χ1n) is 25.9. The summed E-state index contributed by atoms with van der Waals surface area (Å²) in [6.45, 7) is 4.18. The number of carbonyl (C=O) groups excluding carboxylic acids is 2. The van der Waals surface area contributed by atoms with Crippen LogP contribution in [0.3, 0.4) is 0 Å². The minimum atomic E-state index is -1.58. The van der Waals surface area contributed by atoms with Crippen molar-refractivity contribution < 1.29 is 49.3 Å². The summed E-state index contributed by atoms with van der Waals surface area (Å²) in [6, 6.07) is -0.830. The average molecular weight is 906 g/mol. The highest BCUT2D eigenvalue weighted by Gasteiger charge is 2.44. The Morgan fingerprint density at radius 2 is 1.06 bits per heavy atom. The van der Waals surface area contributed by atoms with E-state index in [2.05, 4.69) is 55.6 Å². The van der Waals surface area contributed by atoms with E-state index in [0.29, 0.717) is 25.9 Å². The van der Waals surface area contributed by atoms with E-state index < -0.39 is 49.5 Å². The molecule has 0 radical (unpaired) electrons. The summed E-state index contributed by atoms with van der Waals surface area (Å²) in [7, 11) is 0. The Bertz CT molecular complexity index is 1210. The van der Waals surface area contributed by atoms with Gasteiger partial charge in [0.05, 0.1) is 32.0 Å². The summed E-state index contributed by atoms with van der Waals surface area (Å²) >= 11 is 0. The lowest BCUT2D eigenvalue weighted by Crippen LogP contribution is -2.60. The van der Waals surface area contributed by atoms with Crippen LogP contribution in [0.25, 0.3) is 0 Å². The van der Waals surface area contributed by atoms with Gasteiger partial charge in [-0.25, -0.2) is 0 Å². The molecule has 1 rings (SSSR count). The zero-order chi connectivity index (χ0) is 46.7. The summed E-state index contributed by atoms with van der Waals surface area (Å²) in [6.07, 6.45) is 41.9. The molecule has 0 aromatic carbocycles. The van der Waals surface area contributed by atoms with Crippen molar-refractivity contribution in [3.05, 3.63) is 48.6 Å². The number of rotatable bonds is 43. The van der Waals surface area contributed by atoms with Gasteiger partial charge in [0.15, 0.2) is 6.29 Å². The molecule has 0 aromatic heterocycles. The van der Waals surface area contributed by atoms with Crippen molar-refractivity contribution in [3.8, 4) is 0 Å². The Kier molecular flexibility index (Phi) is 40.3. The van der Waals surface area contributed by atoms with Gasteiger partial charge in [-0.1, -0.05) is 165 Å². The summed E-state index contributed by atoms with van der Waals surface area (Å²) in [4.78, 5) is 25.0. The lowest BCUT2D eigenvalue weighted by atomic mass is 9.99. The molecule has 1 fully saturated rings. The predicted octanol–water partition coefficient (Wildman–Crippen LogP) is 10.5. The third-order valence-electron chi connectivity index (χ3n) is 11.9. The zero-order valence-electron chi connectivity index (χ0n) is 40.5. The van der Waals surface area contributed by atoms with Crippen molar-refractivity contribution in [3.63, 3.8) is 0 Å². The average Bonchev–Trinajstić information content (AvgIpc) is 3.29. The molecule has 372 valence electrons. The van der Waals surface area contributed by atoms with Crippen molar-refractivity contribution in [2.45, 2.75) is 256 Å². The van der Waals surface area contributed by atoms with Crippen molar-refractivity contribution in [2.24, 2.45) is 0 Å². The Balaban J connectivity index is 2.15. The molecule has 64 heavy (non-hydrogen) atoms. The number of hydrogen-bond acceptors (Lipinski definition) is 10. The van der Waals surface area contributed by atoms with Crippen LogP contribution in [0.5, 0.6) is 0 Å². The monoisotopic (exact) mass is 906 g/mol. The van der Waals surface area contributed by atoms with Gasteiger partial charge in [0.1, 0.15) is 24.4 Å². The normalized spacial score (nSPS) is 20.3. The van der Waals surface area contributed by atoms with Gasteiger partial charge in [0, 0.05) is 12.8 Å². The molecule has 0 aromatic rings. The molecule has 0 spiro atoms. The number of amides is 1. The van der Waals surface area contributed by atoms with Crippen LogP contribution in [-0.4, -0.2) is 100 Å². The highest BCUT2D eigenvalue weighted by Crippen LogP contribution is 2.22. The second-order valence-electron chi connectivity index (χ2n) is 17.9. The lowest BCUT2D eigenvalue weighted by molar-refractivity contribution is -0.302. The molecule has 0 saturated carbocycles. The van der Waals surface area contributed by atoms with E-state index in [1.54, 1.807) is 6.08 Å². The van der Waals surface area contributed by atoms with Gasteiger partial charge < -0.3 is 45.1 Å². The van der Waals surface area contributed by atoms with E-state index in [1.165, 1.54) is 96.3 Å². The largest absolute Gasteiger partial charge is 0.466 e. The van der Waals surface area contributed by atoms with Crippen molar-refractivity contribution in [1.29, 1.82) is 0 Å². The Morgan fingerprint density at radius 1 is 0.578 bits per heavy atom. The minimum Gasteiger partial charge on any atom is -0.466 e. The Hall–Kier alpha value is -2.38. The first-order chi connectivity index (χ1) is 31.2. The summed E-state index contributed by atoms with van der Waals surface area (Å²) < 4.78 is 16.6. The molecular formula is C53H95NO10. The summed E-state index contributed by atoms with van der Waals surface area (Å²) in [5.74, 6) is -0.267. The first kappa shape index (κ1) is 59.6. The van der Waals surface area contributed by atoms with E-state index in [9.17, 15) is 35.1 Å². The maximum absolute atomic E-state index is 12.9. The SMILES string of the molecule is CCCC/C=C\C/C=C\CCCCCCCC(=O)OCCCCCCCC/C=C\CCCCCC(=O)NC(COC1OC(CO)C(O)C(O)C1O)C(O)/C=C/CCCCCCCCC. The van der Waals surface area contributed by atoms with Crippen molar-refractivity contribution in [1.82, 2.24) is 5.32 Å². The fourth-order valence-electron chi connectivity index (χ4n) is 7.68. The number of aliphatic hydroxyl groups is 5. The van der Waals surface area contributed by atoms with Crippen LogP contribution in [0.2, 0.25) is 0 Å². The van der Waals surface area contributed by atoms with Gasteiger partial charge in [-0.3, -0.25) is 9.59 Å². The molecule has 0 bridgehead atoms. The van der Waals surface area contributed by atoms with Gasteiger partial charge in [-0.2, -0.15) is 0 Å². The van der Waals surface area contributed by atoms with Crippen LogP contribution in [-0.2, 0) is 23.8 Å². The smallest absolute Gasteiger partial charge is 0.305 e. The van der Waals surface area contributed by atoms with Gasteiger partial charge in [-0.05, 0) is 83.5 Å². The van der Waals surface area contributed by atoms with E-state index in [4.69, 9.17) is 14.2 Å². The molecule has 0 aliphatic carbocycles. The van der Waals surface area contributed by atoms with Crippen molar-refractivity contribution >= 4 is 11.9 Å². The number of carbonyl (C=O) groups is 2. The van der Waals surface area contributed by atoms with Crippen LogP contribution in [0, 0.1) is 0 Å². The second-order valence-corrected chi connectivity index (χ2v) is 17.9. The standard InChI is InChI=1S/C53H95NO10/c1-3-5-7-9-11-13-14-15-18-21-25-29-33-37-41-49(58)62-42-38-34-30-26-22-19-16-17-20-24-28-32-36-40-48(57)54-45(46(56)39-35-31-27-23-12-10-8-6-4-2)44-63-53-52(61)51(60)50(59)47(43-55)64-53/h9,11,14-15,17,20,35,39,45-47,50-53,55-56,59-61H,3-8,10,12-13,16,18-19,21-34,36-38,40-44H2,1-2H3,(H,54,57)/b11-9-,15-14-,20-17-,39-35+. The van der Waals surface area contributed by atoms with Gasteiger partial charge in [0.2, 0.25) is 5.91 Å². The molecule has 6 N–H and O–H groups in total. The number of esters is 1. The molecule has 1 heterocycles. The number of unbranched alkanes of at least 4 members (excludes halogenated alkanes) is 23. The minimum absolute atomic E-state index is 0.0508. The predicted molar refractivity (Wildman–Crippen MR) is 260 cm³/mol. The molecule has 1 amide bonds. The zero-order valence-corrected chi connectivity index (χ0v) is 40.5. The molecule has 7 unspecified atom stereocenters. The van der Waals surface area contributed by atoms with Crippen LogP contribution in [0.1, 0.15) is 213 Å². The van der Waals surface area contributed by atoms with E-state index in [-0.39, 0.29) is 18.5 Å². The third kappa shape index (κ3) is 33.1. The van der Waals surface area contributed by atoms with Crippen LogP contribution >= 0.6 is 0 Å². The fourth-order valence-corrected chi connectivity index (χ4v) is 7.68. The topological polar surface area (TPSA) is 175 Å². The first-order valence-corrected chi connectivity index (χ1v) is 25.9. The van der Waals surface area contributed by atoms with Crippen LogP contribution in [0.15, 0.2) is 48.6 Å². The highest BCUT2D eigenvalue weighted by atomic mass is 16.7. The van der Waals surface area contributed by atoms with Gasteiger partial charge in [-0.15, -0.1) is 0 Å². The molecule has 1 aliphatic heterocycles. The highest BCUT2D eigenvalue weighted by molar-refractivity contribution is 5.76. The molecule has 1 saturated heterocycles. The maximum Gasteiger partial charge on any atom is 0.305 e. The summed E-state index contributed by atoms with van der Waals surface area (Å²) in [5, 5.41) is 54.0.